The van der Waals surface area contributed by atoms with Crippen molar-refractivity contribution in [3.63, 3.8) is 0 Å². The fourth-order valence-electron chi connectivity index (χ4n) is 2.29. The van der Waals surface area contributed by atoms with Crippen LogP contribution in [0, 0.1) is 11.3 Å². The van der Waals surface area contributed by atoms with Gasteiger partial charge in [0.2, 0.25) is 0 Å². The molecule has 0 bridgehead atoms. The molecule has 6 heteroatoms. The lowest BCUT2D eigenvalue weighted by Crippen LogP contribution is -2.12. The van der Waals surface area contributed by atoms with Crippen molar-refractivity contribution < 1.29 is 23.7 Å². The molecular weight excluding hydrogens is 322 g/mol. The molecule has 0 radical (unpaired) electrons. The van der Waals surface area contributed by atoms with Gasteiger partial charge in [0.1, 0.15) is 19.0 Å². The number of ether oxygens (including phenoxy) is 4. The molecule has 0 unspecified atom stereocenters. The molecule has 0 atom stereocenters. The third kappa shape index (κ3) is 4.42. The minimum atomic E-state index is -0.445. The summed E-state index contributed by atoms with van der Waals surface area (Å²) in [5.74, 6) is 1.36. The number of nitrogens with zero attached hydrogens (tertiary/aromatic N) is 1. The Morgan fingerprint density at radius 3 is 2.56 bits per heavy atom. The van der Waals surface area contributed by atoms with Gasteiger partial charge in [-0.05, 0) is 42.5 Å². The molecule has 2 aromatic rings. The summed E-state index contributed by atoms with van der Waals surface area (Å²) in [6.07, 6.45) is 0.807. The molecule has 0 spiro atoms. The molecule has 1 aliphatic heterocycles. The highest BCUT2D eigenvalue weighted by Crippen LogP contribution is 2.30. The Kier molecular flexibility index (Phi) is 5.37. The number of esters is 1. The number of benzene rings is 2. The Labute approximate surface area is 145 Å². The van der Waals surface area contributed by atoms with E-state index in [-0.39, 0.29) is 13.2 Å². The van der Waals surface area contributed by atoms with Gasteiger partial charge >= 0.3 is 5.97 Å². The van der Waals surface area contributed by atoms with Crippen LogP contribution in [0.25, 0.3) is 0 Å². The first-order chi connectivity index (χ1) is 12.3. The predicted molar refractivity (Wildman–Crippen MR) is 89.0 cm³/mol. The van der Waals surface area contributed by atoms with E-state index in [1.807, 2.05) is 6.07 Å². The van der Waals surface area contributed by atoms with Gasteiger partial charge in [-0.15, -0.1) is 0 Å². The summed E-state index contributed by atoms with van der Waals surface area (Å²) < 4.78 is 21.8. The zero-order valence-corrected chi connectivity index (χ0v) is 13.6. The maximum Gasteiger partial charge on any atom is 0.338 e. The molecule has 0 aromatic heterocycles. The van der Waals surface area contributed by atoms with Gasteiger partial charge in [0.15, 0.2) is 11.5 Å². The van der Waals surface area contributed by atoms with Gasteiger partial charge in [0.05, 0.1) is 30.4 Å². The SMILES string of the molecule is N#Cc1ccc(OCCOC(=O)c2ccc3c(c2)OCCCO3)cc1. The van der Waals surface area contributed by atoms with Crippen LogP contribution < -0.4 is 14.2 Å². The van der Waals surface area contributed by atoms with Crippen LogP contribution in [0.3, 0.4) is 0 Å². The standard InChI is InChI=1S/C19H17NO5/c20-13-14-2-5-16(6-3-14)22-10-11-25-19(21)15-4-7-17-18(12-15)24-9-1-8-23-17/h2-7,12H,1,8-11H2. The Bertz CT molecular complexity index is 779. The lowest BCUT2D eigenvalue weighted by molar-refractivity contribution is 0.0450. The molecule has 0 aliphatic carbocycles. The molecular formula is C19H17NO5. The number of fused-ring (bicyclic) bond motifs is 1. The molecule has 1 aliphatic rings. The van der Waals surface area contributed by atoms with Crippen LogP contribution in [-0.4, -0.2) is 32.4 Å². The van der Waals surface area contributed by atoms with E-state index >= 15 is 0 Å². The Morgan fingerprint density at radius 2 is 1.80 bits per heavy atom. The van der Waals surface area contributed by atoms with Gasteiger partial charge in [0.25, 0.3) is 0 Å². The molecule has 0 N–H and O–H groups in total. The lowest BCUT2D eigenvalue weighted by atomic mass is 10.2. The molecule has 0 saturated heterocycles. The average Bonchev–Trinajstić information content (AvgIpc) is 2.90. The molecule has 0 fully saturated rings. The van der Waals surface area contributed by atoms with Crippen molar-refractivity contribution in [1.29, 1.82) is 5.26 Å². The molecule has 25 heavy (non-hydrogen) atoms. The Morgan fingerprint density at radius 1 is 1.04 bits per heavy atom. The van der Waals surface area contributed by atoms with Crippen molar-refractivity contribution >= 4 is 5.97 Å². The van der Waals surface area contributed by atoms with E-state index in [4.69, 9.17) is 24.2 Å². The zero-order valence-electron chi connectivity index (χ0n) is 13.6. The summed E-state index contributed by atoms with van der Waals surface area (Å²) in [6.45, 7) is 1.50. The van der Waals surface area contributed by atoms with Crippen LogP contribution in [-0.2, 0) is 4.74 Å². The summed E-state index contributed by atoms with van der Waals surface area (Å²) in [5, 5.41) is 8.74. The summed E-state index contributed by atoms with van der Waals surface area (Å²) in [6, 6.07) is 13.8. The van der Waals surface area contributed by atoms with Crippen molar-refractivity contribution in [2.75, 3.05) is 26.4 Å². The largest absolute Gasteiger partial charge is 0.490 e. The highest BCUT2D eigenvalue weighted by molar-refractivity contribution is 5.90. The van der Waals surface area contributed by atoms with Gasteiger partial charge in [0, 0.05) is 6.42 Å². The third-order valence-corrected chi connectivity index (χ3v) is 3.55. The van der Waals surface area contributed by atoms with Crippen LogP contribution in [0.4, 0.5) is 0 Å². The maximum absolute atomic E-state index is 12.1. The smallest absolute Gasteiger partial charge is 0.338 e. The average molecular weight is 339 g/mol. The summed E-state index contributed by atoms with van der Waals surface area (Å²) in [4.78, 5) is 12.1. The minimum Gasteiger partial charge on any atom is -0.490 e. The van der Waals surface area contributed by atoms with Crippen LogP contribution in [0.15, 0.2) is 42.5 Å². The first kappa shape index (κ1) is 16.7. The molecule has 0 saturated carbocycles. The highest BCUT2D eigenvalue weighted by atomic mass is 16.6. The molecule has 2 aromatic carbocycles. The van der Waals surface area contributed by atoms with Crippen molar-refractivity contribution in [3.8, 4) is 23.3 Å². The zero-order chi connectivity index (χ0) is 17.5. The van der Waals surface area contributed by atoms with E-state index in [0.29, 0.717) is 41.6 Å². The topological polar surface area (TPSA) is 77.8 Å². The van der Waals surface area contributed by atoms with Gasteiger partial charge in [-0.1, -0.05) is 0 Å². The van der Waals surface area contributed by atoms with Gasteiger partial charge in [-0.3, -0.25) is 0 Å². The number of hydrogen-bond acceptors (Lipinski definition) is 6. The van der Waals surface area contributed by atoms with Gasteiger partial charge in [-0.2, -0.15) is 5.26 Å². The second-order valence-corrected chi connectivity index (χ2v) is 5.33. The summed E-state index contributed by atoms with van der Waals surface area (Å²) in [7, 11) is 0. The number of carbonyl (C=O) groups excluding carboxylic acids is 1. The Hall–Kier alpha value is -3.20. The van der Waals surface area contributed by atoms with Crippen molar-refractivity contribution in [1.82, 2.24) is 0 Å². The van der Waals surface area contributed by atoms with E-state index in [1.54, 1.807) is 42.5 Å². The molecule has 0 amide bonds. The first-order valence-electron chi connectivity index (χ1n) is 7.96. The number of nitriles is 1. The highest BCUT2D eigenvalue weighted by Gasteiger charge is 2.15. The fraction of sp³-hybridized carbons (Fsp3) is 0.263. The molecule has 1 heterocycles. The molecule has 3 rings (SSSR count). The lowest BCUT2D eigenvalue weighted by Gasteiger charge is -2.10. The quantitative estimate of drug-likeness (QED) is 0.616. The van der Waals surface area contributed by atoms with E-state index < -0.39 is 5.97 Å². The first-order valence-corrected chi connectivity index (χ1v) is 7.96. The summed E-state index contributed by atoms with van der Waals surface area (Å²) in [5.41, 5.74) is 0.968. The second-order valence-electron chi connectivity index (χ2n) is 5.33. The van der Waals surface area contributed by atoms with Crippen molar-refractivity contribution in [2.24, 2.45) is 0 Å². The number of hydrogen-bond donors (Lipinski definition) is 0. The monoisotopic (exact) mass is 339 g/mol. The van der Waals surface area contributed by atoms with Crippen LogP contribution >= 0.6 is 0 Å². The van der Waals surface area contributed by atoms with Crippen LogP contribution in [0.5, 0.6) is 17.2 Å². The number of carbonyl (C=O) groups is 1. The predicted octanol–water partition coefficient (Wildman–Crippen LogP) is 2.96. The third-order valence-electron chi connectivity index (χ3n) is 3.55. The normalized spacial score (nSPS) is 12.6. The van der Waals surface area contributed by atoms with Crippen molar-refractivity contribution in [2.45, 2.75) is 6.42 Å². The van der Waals surface area contributed by atoms with Crippen molar-refractivity contribution in [3.05, 3.63) is 53.6 Å². The maximum atomic E-state index is 12.1. The molecule has 6 nitrogen and oxygen atoms in total. The second kappa shape index (κ2) is 8.06. The Balaban J connectivity index is 1.49. The van der Waals surface area contributed by atoms with E-state index in [0.717, 1.165) is 6.42 Å². The van der Waals surface area contributed by atoms with Gasteiger partial charge in [-0.25, -0.2) is 4.79 Å². The minimum absolute atomic E-state index is 0.118. The number of rotatable bonds is 5. The fourth-order valence-corrected chi connectivity index (χ4v) is 2.29. The van der Waals surface area contributed by atoms with Crippen LogP contribution in [0.2, 0.25) is 0 Å². The van der Waals surface area contributed by atoms with Crippen LogP contribution in [0.1, 0.15) is 22.3 Å². The molecule has 128 valence electrons. The summed E-state index contributed by atoms with van der Waals surface area (Å²) >= 11 is 0. The van der Waals surface area contributed by atoms with Gasteiger partial charge < -0.3 is 18.9 Å². The van der Waals surface area contributed by atoms with E-state index in [9.17, 15) is 4.79 Å². The van der Waals surface area contributed by atoms with E-state index in [2.05, 4.69) is 0 Å². The van der Waals surface area contributed by atoms with E-state index in [1.165, 1.54) is 0 Å².